The Morgan fingerprint density at radius 3 is 2.38 bits per heavy atom. The summed E-state index contributed by atoms with van der Waals surface area (Å²) < 4.78 is 5.08. The number of aromatic carboxylic acids is 1. The van der Waals surface area contributed by atoms with Crippen molar-refractivity contribution in [3.05, 3.63) is 71.8 Å². The van der Waals surface area contributed by atoms with Gasteiger partial charge in [0, 0.05) is 18.3 Å². The lowest BCUT2D eigenvalue weighted by Gasteiger charge is -2.14. The Balaban J connectivity index is 2.03. The number of carbonyl (C=O) groups excluding carboxylic acids is 1. The number of phenolic OH excluding ortho intramolecular Hbond substituents is 1. The number of carbonyl (C=O) groups is 2. The van der Waals surface area contributed by atoms with Gasteiger partial charge in [-0.05, 0) is 42.0 Å². The van der Waals surface area contributed by atoms with Gasteiger partial charge in [0.15, 0.2) is 0 Å². The number of benzene rings is 3. The molecule has 29 heavy (non-hydrogen) atoms. The van der Waals surface area contributed by atoms with Crippen LogP contribution in [0.4, 0.5) is 11.4 Å². The maximum atomic E-state index is 12.7. The quantitative estimate of drug-likeness (QED) is 0.504. The highest BCUT2D eigenvalue weighted by molar-refractivity contribution is 6.09. The predicted octanol–water partition coefficient (Wildman–Crippen LogP) is 4.06. The molecule has 0 aliphatic heterocycles. The van der Waals surface area contributed by atoms with Gasteiger partial charge in [0.25, 0.3) is 5.91 Å². The lowest BCUT2D eigenvalue weighted by Crippen LogP contribution is -2.15. The van der Waals surface area contributed by atoms with Crippen LogP contribution in [-0.2, 0) is 0 Å². The molecule has 0 unspecified atom stereocenters. The lowest BCUT2D eigenvalue weighted by molar-refractivity contribution is 0.0698. The van der Waals surface area contributed by atoms with Crippen molar-refractivity contribution in [1.82, 2.24) is 0 Å². The molecule has 0 atom stereocenters. The number of anilines is 2. The minimum absolute atomic E-state index is 0.0262. The van der Waals surface area contributed by atoms with E-state index in [1.54, 1.807) is 19.2 Å². The molecule has 4 N–H and O–H groups in total. The summed E-state index contributed by atoms with van der Waals surface area (Å²) in [4.78, 5) is 24.4. The monoisotopic (exact) mass is 392 g/mol. The molecule has 148 valence electrons. The Kier molecular flexibility index (Phi) is 5.69. The van der Waals surface area contributed by atoms with Gasteiger partial charge in [-0.2, -0.15) is 0 Å². The van der Waals surface area contributed by atoms with Gasteiger partial charge in [0.2, 0.25) is 0 Å². The summed E-state index contributed by atoms with van der Waals surface area (Å²) in [6.07, 6.45) is 0. The average molecular weight is 392 g/mol. The van der Waals surface area contributed by atoms with Crippen molar-refractivity contribution in [3.8, 4) is 22.6 Å². The third-order valence-corrected chi connectivity index (χ3v) is 4.45. The smallest absolute Gasteiger partial charge is 0.337 e. The molecule has 0 aromatic heterocycles. The number of carboxylic acids is 1. The van der Waals surface area contributed by atoms with Gasteiger partial charge < -0.3 is 25.6 Å². The molecule has 0 aliphatic rings. The van der Waals surface area contributed by atoms with E-state index in [4.69, 9.17) is 4.74 Å². The van der Waals surface area contributed by atoms with Crippen molar-refractivity contribution in [2.24, 2.45) is 0 Å². The molecule has 3 aromatic rings. The van der Waals surface area contributed by atoms with Crippen molar-refractivity contribution in [1.29, 1.82) is 0 Å². The van der Waals surface area contributed by atoms with E-state index in [2.05, 4.69) is 10.6 Å². The molecule has 0 fully saturated rings. The van der Waals surface area contributed by atoms with E-state index >= 15 is 0 Å². The topological polar surface area (TPSA) is 108 Å². The Morgan fingerprint density at radius 1 is 0.931 bits per heavy atom. The fourth-order valence-corrected chi connectivity index (χ4v) is 2.97. The first kappa shape index (κ1) is 19.8. The Labute approximate surface area is 167 Å². The van der Waals surface area contributed by atoms with E-state index < -0.39 is 11.9 Å². The zero-order valence-electron chi connectivity index (χ0n) is 15.9. The fraction of sp³-hybridized carbons (Fsp3) is 0.0909. The summed E-state index contributed by atoms with van der Waals surface area (Å²) in [5, 5.41) is 25.2. The highest BCUT2D eigenvalue weighted by Crippen LogP contribution is 2.32. The molecule has 0 saturated heterocycles. The number of hydrogen-bond donors (Lipinski definition) is 4. The molecular weight excluding hydrogens is 372 g/mol. The second-order valence-electron chi connectivity index (χ2n) is 6.20. The highest BCUT2D eigenvalue weighted by atomic mass is 16.5. The number of carboxylic acid groups (broad SMARTS) is 1. The Morgan fingerprint density at radius 2 is 1.69 bits per heavy atom. The van der Waals surface area contributed by atoms with Crippen LogP contribution in [0.25, 0.3) is 11.1 Å². The summed E-state index contributed by atoms with van der Waals surface area (Å²) in [7, 11) is 3.23. The molecule has 0 aliphatic carbocycles. The van der Waals surface area contributed by atoms with Crippen LogP contribution in [0, 0.1) is 0 Å². The van der Waals surface area contributed by atoms with Gasteiger partial charge in [0.05, 0.1) is 23.9 Å². The standard InChI is InChI=1S/C22H20N2O5/c1-23-18-6-4-3-5-15(18)13-7-9-16(22(27)28)19(11-13)24-21(26)17-12-14(29-2)8-10-20(17)25/h3-12,23,25H,1-2H3,(H,24,26)(H,27,28). The van der Waals surface area contributed by atoms with Crippen molar-refractivity contribution in [3.63, 3.8) is 0 Å². The Bertz CT molecular complexity index is 1080. The van der Waals surface area contributed by atoms with E-state index in [-0.39, 0.29) is 22.6 Å². The molecule has 0 radical (unpaired) electrons. The van der Waals surface area contributed by atoms with Gasteiger partial charge >= 0.3 is 5.97 Å². The van der Waals surface area contributed by atoms with Gasteiger partial charge in [-0.25, -0.2) is 4.79 Å². The van der Waals surface area contributed by atoms with E-state index in [1.807, 2.05) is 24.3 Å². The first-order valence-corrected chi connectivity index (χ1v) is 8.77. The highest BCUT2D eigenvalue weighted by Gasteiger charge is 2.18. The first-order valence-electron chi connectivity index (χ1n) is 8.77. The van der Waals surface area contributed by atoms with Crippen LogP contribution in [0.1, 0.15) is 20.7 Å². The molecule has 0 saturated carbocycles. The third kappa shape index (κ3) is 4.14. The molecule has 0 spiro atoms. The van der Waals surface area contributed by atoms with E-state index in [1.165, 1.54) is 31.4 Å². The van der Waals surface area contributed by atoms with Crippen molar-refractivity contribution in [2.75, 3.05) is 24.8 Å². The number of rotatable bonds is 6. The summed E-state index contributed by atoms with van der Waals surface area (Å²) in [5.41, 5.74) is 2.47. The van der Waals surface area contributed by atoms with Crippen LogP contribution in [-0.4, -0.2) is 36.2 Å². The number of hydrogen-bond acceptors (Lipinski definition) is 5. The van der Waals surface area contributed by atoms with Gasteiger partial charge in [0.1, 0.15) is 11.5 Å². The summed E-state index contributed by atoms with van der Waals surface area (Å²) in [6.45, 7) is 0. The molecule has 1 amide bonds. The van der Waals surface area contributed by atoms with E-state index in [0.29, 0.717) is 5.75 Å². The van der Waals surface area contributed by atoms with Crippen molar-refractivity contribution in [2.45, 2.75) is 0 Å². The number of methoxy groups -OCH3 is 1. The zero-order chi connectivity index (χ0) is 21.0. The minimum atomic E-state index is -1.18. The number of aromatic hydroxyl groups is 1. The molecule has 7 nitrogen and oxygen atoms in total. The number of para-hydroxylation sites is 1. The maximum absolute atomic E-state index is 12.7. The van der Waals surface area contributed by atoms with Crippen LogP contribution in [0.15, 0.2) is 60.7 Å². The normalized spacial score (nSPS) is 10.3. The van der Waals surface area contributed by atoms with Gasteiger partial charge in [-0.3, -0.25) is 4.79 Å². The zero-order valence-corrected chi connectivity index (χ0v) is 15.9. The second-order valence-corrected chi connectivity index (χ2v) is 6.20. The third-order valence-electron chi connectivity index (χ3n) is 4.45. The number of nitrogens with one attached hydrogen (secondary N) is 2. The number of amides is 1. The molecule has 0 heterocycles. The van der Waals surface area contributed by atoms with E-state index in [9.17, 15) is 19.8 Å². The largest absolute Gasteiger partial charge is 0.507 e. The summed E-state index contributed by atoms with van der Waals surface area (Å²) in [6, 6.07) is 16.5. The fourth-order valence-electron chi connectivity index (χ4n) is 2.97. The van der Waals surface area contributed by atoms with Gasteiger partial charge in [-0.15, -0.1) is 0 Å². The minimum Gasteiger partial charge on any atom is -0.507 e. The van der Waals surface area contributed by atoms with Crippen molar-refractivity contribution >= 4 is 23.3 Å². The summed E-state index contributed by atoms with van der Waals surface area (Å²) in [5.74, 6) is -1.67. The maximum Gasteiger partial charge on any atom is 0.337 e. The lowest BCUT2D eigenvalue weighted by atomic mass is 10.00. The summed E-state index contributed by atoms with van der Waals surface area (Å²) >= 11 is 0. The number of ether oxygens (including phenoxy) is 1. The molecule has 3 rings (SSSR count). The second kappa shape index (κ2) is 8.35. The number of phenols is 1. The van der Waals surface area contributed by atoms with E-state index in [0.717, 1.165) is 16.8 Å². The van der Waals surface area contributed by atoms with Gasteiger partial charge in [-0.1, -0.05) is 24.3 Å². The van der Waals surface area contributed by atoms with Crippen LogP contribution in [0.2, 0.25) is 0 Å². The molecule has 0 bridgehead atoms. The van der Waals surface area contributed by atoms with Crippen LogP contribution in [0.3, 0.4) is 0 Å². The molecular formula is C22H20N2O5. The SMILES string of the molecule is CNc1ccccc1-c1ccc(C(=O)O)c(NC(=O)c2cc(OC)ccc2O)c1. The van der Waals surface area contributed by atoms with Crippen molar-refractivity contribution < 1.29 is 24.5 Å². The average Bonchev–Trinajstić information content (AvgIpc) is 2.73. The molecule has 7 heteroatoms. The van der Waals surface area contributed by atoms with Crippen LogP contribution < -0.4 is 15.4 Å². The first-order chi connectivity index (χ1) is 13.9. The van der Waals surface area contributed by atoms with Crippen LogP contribution >= 0.6 is 0 Å². The Hall–Kier alpha value is -4.00. The molecule has 3 aromatic carbocycles. The van der Waals surface area contributed by atoms with Crippen LogP contribution in [0.5, 0.6) is 11.5 Å². The predicted molar refractivity (Wildman–Crippen MR) is 111 cm³/mol.